The molecular formula is C28H31N5O4. The number of H-pyrrole nitrogens is 1. The SMILES string of the molecule is CC(C)(C)OC(=O)Nc1cc2nc(-c3ccc(NC(=O)C45CC6C[C@H](C4)C(=O)[C@@H](C6)C5)cc3)[nH]c2cn1. The van der Waals surface area contributed by atoms with Crippen LogP contribution < -0.4 is 10.6 Å². The van der Waals surface area contributed by atoms with Crippen LogP contribution in [0.1, 0.15) is 52.9 Å². The average molecular weight is 502 g/mol. The lowest BCUT2D eigenvalue weighted by Gasteiger charge is -2.54. The van der Waals surface area contributed by atoms with Crippen molar-refractivity contribution in [3.63, 3.8) is 0 Å². The molecular weight excluding hydrogens is 470 g/mol. The number of Topliss-reactive ketones (excluding diaryl/α,β-unsaturated/α-hetero) is 1. The Labute approximate surface area is 214 Å². The monoisotopic (exact) mass is 501 g/mol. The Morgan fingerprint density at radius 1 is 1.05 bits per heavy atom. The number of nitrogens with one attached hydrogen (secondary N) is 3. The molecule has 4 bridgehead atoms. The highest BCUT2D eigenvalue weighted by Gasteiger charge is 2.58. The van der Waals surface area contributed by atoms with E-state index >= 15 is 0 Å². The number of aromatic amines is 1. The van der Waals surface area contributed by atoms with E-state index in [0.717, 1.165) is 36.0 Å². The number of fused-ring (bicyclic) bond motifs is 1. The topological polar surface area (TPSA) is 126 Å². The lowest BCUT2D eigenvalue weighted by atomic mass is 9.49. The van der Waals surface area contributed by atoms with E-state index in [0.29, 0.717) is 41.7 Å². The lowest BCUT2D eigenvalue weighted by molar-refractivity contribution is -0.154. The molecule has 2 aromatic heterocycles. The second kappa shape index (κ2) is 8.39. The number of aromatic nitrogens is 3. The minimum Gasteiger partial charge on any atom is -0.444 e. The molecule has 4 aliphatic carbocycles. The van der Waals surface area contributed by atoms with Gasteiger partial charge in [-0.3, -0.25) is 14.9 Å². The van der Waals surface area contributed by atoms with Crippen LogP contribution in [-0.4, -0.2) is 38.3 Å². The van der Waals surface area contributed by atoms with Crippen LogP contribution in [0.4, 0.5) is 16.3 Å². The molecule has 4 fully saturated rings. The van der Waals surface area contributed by atoms with Crippen LogP contribution in [0.25, 0.3) is 22.4 Å². The number of ketones is 1. The summed E-state index contributed by atoms with van der Waals surface area (Å²) in [7, 11) is 0. The fourth-order valence-electron chi connectivity index (χ4n) is 6.52. The van der Waals surface area contributed by atoms with Crippen molar-refractivity contribution in [2.75, 3.05) is 10.6 Å². The molecule has 0 saturated heterocycles. The van der Waals surface area contributed by atoms with E-state index in [1.807, 2.05) is 24.3 Å². The Hall–Kier alpha value is -3.75. The summed E-state index contributed by atoms with van der Waals surface area (Å²) in [5, 5.41) is 5.75. The standard InChI is InChI=1S/C28H31N5O4/c1-27(2,3)37-26(36)33-22-10-20-21(14-29-22)32-24(31-20)16-4-6-19(7-5-16)30-25(35)28-11-15-8-17(12-28)23(34)18(9-15)13-28/h4-7,10,14-15,17-18H,8-9,11-13H2,1-3H3,(H,30,35)(H,31,32)(H,29,33,36)/t15?,17-,18+,28?. The normalized spacial score (nSPS) is 26.4. The smallest absolute Gasteiger partial charge is 0.413 e. The first kappa shape index (κ1) is 23.6. The number of carbonyl (C=O) groups excluding carboxylic acids is 3. The van der Waals surface area contributed by atoms with Gasteiger partial charge in [-0.15, -0.1) is 0 Å². The van der Waals surface area contributed by atoms with Gasteiger partial charge in [0.25, 0.3) is 0 Å². The number of rotatable bonds is 4. The molecule has 9 heteroatoms. The second-order valence-electron chi connectivity index (χ2n) is 11.9. The first-order chi connectivity index (χ1) is 17.6. The third-order valence-electron chi connectivity index (χ3n) is 7.89. The van der Waals surface area contributed by atoms with Crippen molar-refractivity contribution in [2.24, 2.45) is 23.2 Å². The molecule has 9 nitrogen and oxygen atoms in total. The number of carbonyl (C=O) groups is 3. The molecule has 2 amide bonds. The van der Waals surface area contributed by atoms with Crippen molar-refractivity contribution in [3.05, 3.63) is 36.5 Å². The number of nitrogens with zero attached hydrogens (tertiary/aromatic N) is 2. The van der Waals surface area contributed by atoms with Gasteiger partial charge >= 0.3 is 6.09 Å². The number of amides is 2. The predicted molar refractivity (Wildman–Crippen MR) is 139 cm³/mol. The number of imidazole rings is 1. The van der Waals surface area contributed by atoms with Gasteiger partial charge in [0.15, 0.2) is 0 Å². The van der Waals surface area contributed by atoms with Crippen molar-refractivity contribution < 1.29 is 19.1 Å². The van der Waals surface area contributed by atoms with E-state index < -0.39 is 17.1 Å². The summed E-state index contributed by atoms with van der Waals surface area (Å²) in [6.07, 6.45) is 5.25. The highest BCUT2D eigenvalue weighted by molar-refractivity contribution is 5.98. The highest BCUT2D eigenvalue weighted by Crippen LogP contribution is 2.58. The zero-order chi connectivity index (χ0) is 25.9. The second-order valence-corrected chi connectivity index (χ2v) is 11.9. The van der Waals surface area contributed by atoms with Gasteiger partial charge in [-0.1, -0.05) is 0 Å². The van der Waals surface area contributed by atoms with Crippen molar-refractivity contribution >= 4 is 40.3 Å². The van der Waals surface area contributed by atoms with E-state index in [1.165, 1.54) is 0 Å². The van der Waals surface area contributed by atoms with E-state index in [2.05, 4.69) is 25.6 Å². The highest BCUT2D eigenvalue weighted by atomic mass is 16.6. The molecule has 2 unspecified atom stereocenters. The molecule has 2 heterocycles. The van der Waals surface area contributed by atoms with Crippen molar-refractivity contribution in [2.45, 2.75) is 58.5 Å². The fourth-order valence-corrected chi connectivity index (χ4v) is 6.52. The molecule has 3 N–H and O–H groups in total. The van der Waals surface area contributed by atoms with E-state index in [-0.39, 0.29) is 17.7 Å². The van der Waals surface area contributed by atoms with Gasteiger partial charge in [0.2, 0.25) is 5.91 Å². The van der Waals surface area contributed by atoms with E-state index in [4.69, 9.17) is 4.74 Å². The van der Waals surface area contributed by atoms with Crippen LogP contribution in [0.5, 0.6) is 0 Å². The Morgan fingerprint density at radius 2 is 1.76 bits per heavy atom. The summed E-state index contributed by atoms with van der Waals surface area (Å²) in [5.41, 5.74) is 1.98. The zero-order valence-electron chi connectivity index (χ0n) is 21.3. The minimum atomic E-state index is -0.604. The Balaban J connectivity index is 1.14. The number of benzene rings is 1. The molecule has 0 aliphatic heterocycles. The number of ether oxygens (including phenoxy) is 1. The van der Waals surface area contributed by atoms with Crippen LogP contribution in [0, 0.1) is 23.2 Å². The molecule has 7 rings (SSSR count). The van der Waals surface area contributed by atoms with Gasteiger partial charge < -0.3 is 15.0 Å². The summed E-state index contributed by atoms with van der Waals surface area (Å²) in [4.78, 5) is 50.0. The van der Waals surface area contributed by atoms with Crippen molar-refractivity contribution in [1.82, 2.24) is 15.0 Å². The summed E-state index contributed by atoms with van der Waals surface area (Å²) in [6, 6.07) is 9.25. The quantitative estimate of drug-likeness (QED) is 0.445. The molecule has 1 aromatic carbocycles. The maximum absolute atomic E-state index is 13.3. The lowest BCUT2D eigenvalue weighted by Crippen LogP contribution is -2.55. The molecule has 4 atom stereocenters. The van der Waals surface area contributed by atoms with Crippen LogP contribution in [0.15, 0.2) is 36.5 Å². The van der Waals surface area contributed by atoms with Crippen LogP contribution in [0.2, 0.25) is 0 Å². The van der Waals surface area contributed by atoms with Crippen LogP contribution in [0.3, 0.4) is 0 Å². The average Bonchev–Trinajstić information content (AvgIpc) is 3.24. The van der Waals surface area contributed by atoms with Gasteiger partial charge in [-0.05, 0) is 83.1 Å². The molecule has 0 radical (unpaired) electrons. The molecule has 4 saturated carbocycles. The van der Waals surface area contributed by atoms with Crippen LogP contribution >= 0.6 is 0 Å². The van der Waals surface area contributed by atoms with Crippen LogP contribution in [-0.2, 0) is 14.3 Å². The summed E-state index contributed by atoms with van der Waals surface area (Å²) in [5.74, 6) is 2.09. The molecule has 192 valence electrons. The van der Waals surface area contributed by atoms with Crippen molar-refractivity contribution in [1.29, 1.82) is 0 Å². The molecule has 4 aliphatic rings. The fraction of sp³-hybridized carbons (Fsp3) is 0.464. The number of hydrogen-bond acceptors (Lipinski definition) is 6. The Kier molecular flexibility index (Phi) is 5.36. The third-order valence-corrected chi connectivity index (χ3v) is 7.89. The maximum Gasteiger partial charge on any atom is 0.413 e. The van der Waals surface area contributed by atoms with Gasteiger partial charge in [0, 0.05) is 29.2 Å². The number of pyridine rings is 1. The third kappa shape index (κ3) is 4.47. The number of anilines is 2. The molecule has 37 heavy (non-hydrogen) atoms. The zero-order valence-corrected chi connectivity index (χ0v) is 21.3. The van der Waals surface area contributed by atoms with E-state index in [1.54, 1.807) is 33.0 Å². The van der Waals surface area contributed by atoms with Gasteiger partial charge in [-0.25, -0.2) is 14.8 Å². The molecule has 0 spiro atoms. The predicted octanol–water partition coefficient (Wildman–Crippen LogP) is 5.31. The van der Waals surface area contributed by atoms with Gasteiger partial charge in [0.05, 0.1) is 22.6 Å². The van der Waals surface area contributed by atoms with Gasteiger partial charge in [-0.2, -0.15) is 0 Å². The first-order valence-corrected chi connectivity index (χ1v) is 12.9. The van der Waals surface area contributed by atoms with Gasteiger partial charge in [0.1, 0.15) is 23.0 Å². The first-order valence-electron chi connectivity index (χ1n) is 12.9. The Morgan fingerprint density at radius 3 is 2.43 bits per heavy atom. The summed E-state index contributed by atoms with van der Waals surface area (Å²) < 4.78 is 5.28. The Bertz CT molecular complexity index is 1390. The largest absolute Gasteiger partial charge is 0.444 e. The maximum atomic E-state index is 13.3. The molecule has 3 aromatic rings. The summed E-state index contributed by atoms with van der Waals surface area (Å²) in [6.45, 7) is 5.39. The minimum absolute atomic E-state index is 0.0481. The summed E-state index contributed by atoms with van der Waals surface area (Å²) >= 11 is 0. The number of hydrogen-bond donors (Lipinski definition) is 3. The van der Waals surface area contributed by atoms with Crippen molar-refractivity contribution in [3.8, 4) is 11.4 Å². The van der Waals surface area contributed by atoms with E-state index in [9.17, 15) is 14.4 Å².